The SMILES string of the molecule is CC1=CCC(C(C)(O)C(NC2CCCCC2)=[Si](C)C)=C1.[CH2-]C(C)C.[CH2-]C(C)C.[Zr+2]. The van der Waals surface area contributed by atoms with Gasteiger partial charge < -0.3 is 24.3 Å². The summed E-state index contributed by atoms with van der Waals surface area (Å²) in [5.41, 5.74) is 1.64. The molecule has 4 heteroatoms. The molecule has 166 valence electrons. The molecule has 0 saturated heterocycles. The average Bonchev–Trinajstić information content (AvgIpc) is 2.99. The fourth-order valence-electron chi connectivity index (χ4n) is 3.39. The molecule has 2 aliphatic rings. The molecule has 2 N–H and O–H groups in total. The third-order valence-electron chi connectivity index (χ3n) is 4.61. The Morgan fingerprint density at radius 1 is 1.10 bits per heavy atom. The van der Waals surface area contributed by atoms with E-state index in [1.54, 1.807) is 0 Å². The molecular weight excluding hydrogens is 450 g/mol. The summed E-state index contributed by atoms with van der Waals surface area (Å²) in [6.07, 6.45) is 11.8. The molecule has 0 amide bonds. The zero-order valence-corrected chi connectivity index (χ0v) is 23.9. The molecule has 1 atom stereocenters. The summed E-state index contributed by atoms with van der Waals surface area (Å²) in [5, 5.41) is 16.1. The van der Waals surface area contributed by atoms with Crippen molar-refractivity contribution < 1.29 is 31.3 Å². The molecule has 2 nitrogen and oxygen atoms in total. The minimum absolute atomic E-state index is 0. The molecule has 0 aromatic heterocycles. The minimum atomic E-state index is -0.788. The van der Waals surface area contributed by atoms with Gasteiger partial charge in [-0.1, -0.05) is 77.8 Å². The molecule has 29 heavy (non-hydrogen) atoms. The number of aliphatic hydroxyl groups is 1. The Hall–Kier alpha value is 0.210. The van der Waals surface area contributed by atoms with Crippen molar-refractivity contribution in [3.8, 4) is 0 Å². The standard InChI is InChI=1S/C17H29NOSi.2C4H9.Zr/c1-13-10-11-14(12-13)17(2,19)16(20(3)4)18-15-8-6-5-7-9-15;2*1-4(2)3;/h10,12,15,18-19H,5-9,11H2,1-4H3;2*4H,1H2,2-3H3;/q;2*-1;+2. The van der Waals surface area contributed by atoms with Crippen LogP contribution in [0.1, 0.15) is 80.1 Å². The normalized spacial score (nSPS) is 18.2. The largest absolute Gasteiger partial charge is 2.00 e. The molecule has 0 aliphatic heterocycles. The predicted octanol–water partition coefficient (Wildman–Crippen LogP) is 6.35. The van der Waals surface area contributed by atoms with Crippen LogP contribution in [-0.2, 0) is 26.2 Å². The summed E-state index contributed by atoms with van der Waals surface area (Å²) < 4.78 is 0. The Morgan fingerprint density at radius 3 is 1.90 bits per heavy atom. The van der Waals surface area contributed by atoms with Crippen molar-refractivity contribution in [1.82, 2.24) is 5.32 Å². The van der Waals surface area contributed by atoms with Crippen molar-refractivity contribution in [2.24, 2.45) is 11.8 Å². The Bertz CT molecular complexity index is 526. The topological polar surface area (TPSA) is 32.3 Å². The van der Waals surface area contributed by atoms with Gasteiger partial charge in [0.25, 0.3) is 0 Å². The maximum atomic E-state index is 11.1. The molecule has 1 fully saturated rings. The monoisotopic (exact) mass is 495 g/mol. The van der Waals surface area contributed by atoms with Crippen LogP contribution in [0.3, 0.4) is 0 Å². The molecular formula is C25H47NOSiZr. The summed E-state index contributed by atoms with van der Waals surface area (Å²) in [4.78, 5) is 0. The quantitative estimate of drug-likeness (QED) is 0.351. The third kappa shape index (κ3) is 14.0. The molecule has 0 radical (unpaired) electrons. The van der Waals surface area contributed by atoms with E-state index in [4.69, 9.17) is 0 Å². The van der Waals surface area contributed by atoms with E-state index in [0.717, 1.165) is 12.0 Å². The van der Waals surface area contributed by atoms with Crippen molar-refractivity contribution in [3.05, 3.63) is 37.1 Å². The van der Waals surface area contributed by atoms with Crippen LogP contribution >= 0.6 is 0 Å². The maximum Gasteiger partial charge on any atom is 2.00 e. The smallest absolute Gasteiger partial charge is 0.387 e. The third-order valence-corrected chi connectivity index (χ3v) is 6.24. The first-order valence-electron chi connectivity index (χ1n) is 11.1. The van der Waals surface area contributed by atoms with Gasteiger partial charge in [0.1, 0.15) is 5.60 Å². The van der Waals surface area contributed by atoms with Crippen LogP contribution in [0, 0.1) is 25.7 Å². The zero-order chi connectivity index (χ0) is 21.9. The minimum Gasteiger partial charge on any atom is -0.387 e. The van der Waals surface area contributed by atoms with Crippen molar-refractivity contribution in [2.45, 2.75) is 105 Å². The van der Waals surface area contributed by atoms with Gasteiger partial charge in [-0.25, -0.2) is 0 Å². The van der Waals surface area contributed by atoms with Crippen molar-refractivity contribution >= 4 is 13.7 Å². The number of hydrogen-bond acceptors (Lipinski definition) is 2. The van der Waals surface area contributed by atoms with E-state index in [9.17, 15) is 5.11 Å². The van der Waals surface area contributed by atoms with Crippen LogP contribution in [0.4, 0.5) is 0 Å². The molecule has 0 spiro atoms. The molecule has 2 rings (SSSR count). The van der Waals surface area contributed by atoms with Gasteiger partial charge in [0.15, 0.2) is 0 Å². The van der Waals surface area contributed by atoms with Gasteiger partial charge in [0, 0.05) is 19.7 Å². The second-order valence-corrected chi connectivity index (χ2v) is 12.0. The first kappa shape index (κ1) is 31.4. The van der Waals surface area contributed by atoms with E-state index in [1.165, 1.54) is 43.0 Å². The van der Waals surface area contributed by atoms with Gasteiger partial charge in [-0.15, -0.1) is 0 Å². The van der Waals surface area contributed by atoms with Crippen LogP contribution in [0.15, 0.2) is 23.3 Å². The molecule has 0 aromatic carbocycles. The summed E-state index contributed by atoms with van der Waals surface area (Å²) in [7, 11) is -0.691. The Kier molecular flexibility index (Phi) is 17.2. The van der Waals surface area contributed by atoms with Crippen LogP contribution < -0.4 is 5.32 Å². The number of hydrogen-bond donors (Lipinski definition) is 2. The van der Waals surface area contributed by atoms with Gasteiger partial charge in [0.05, 0.1) is 0 Å². The Balaban J connectivity index is 0. The van der Waals surface area contributed by atoms with Crippen molar-refractivity contribution in [2.75, 3.05) is 0 Å². The number of allylic oxidation sites excluding steroid dienone is 3. The molecule has 1 unspecified atom stereocenters. The van der Waals surface area contributed by atoms with Gasteiger partial charge in [-0.2, -0.15) is 11.8 Å². The fraction of sp³-hybridized carbons (Fsp3) is 0.720. The first-order valence-corrected chi connectivity index (χ1v) is 13.6. The van der Waals surface area contributed by atoms with Crippen LogP contribution in [0.2, 0.25) is 13.1 Å². The summed E-state index contributed by atoms with van der Waals surface area (Å²) >= 11 is 0. The van der Waals surface area contributed by atoms with Gasteiger partial charge in [-0.05, 0) is 38.7 Å². The number of nitrogens with one attached hydrogen (secondary N) is 1. The number of rotatable bonds is 4. The van der Waals surface area contributed by atoms with Crippen LogP contribution in [0.5, 0.6) is 0 Å². The van der Waals surface area contributed by atoms with Gasteiger partial charge >= 0.3 is 26.2 Å². The molecule has 0 heterocycles. The van der Waals surface area contributed by atoms with E-state index >= 15 is 0 Å². The van der Waals surface area contributed by atoms with E-state index in [0.29, 0.717) is 17.9 Å². The van der Waals surface area contributed by atoms with Crippen molar-refractivity contribution in [3.63, 3.8) is 0 Å². The van der Waals surface area contributed by atoms with Gasteiger partial charge in [0.2, 0.25) is 0 Å². The zero-order valence-electron chi connectivity index (χ0n) is 20.5. The predicted molar refractivity (Wildman–Crippen MR) is 130 cm³/mol. The van der Waals surface area contributed by atoms with E-state index in [2.05, 4.69) is 79.0 Å². The molecule has 1 saturated carbocycles. The summed E-state index contributed by atoms with van der Waals surface area (Å²) in [5.74, 6) is 1.17. The van der Waals surface area contributed by atoms with Crippen LogP contribution in [-0.4, -0.2) is 30.5 Å². The summed E-state index contributed by atoms with van der Waals surface area (Å²) in [6, 6.07) is 0.571. The fourth-order valence-corrected chi connectivity index (χ4v) is 5.01. The second kappa shape index (κ2) is 15.9. The van der Waals surface area contributed by atoms with E-state index in [1.807, 2.05) is 6.92 Å². The second-order valence-electron chi connectivity index (χ2n) is 9.54. The molecule has 0 aromatic rings. The summed E-state index contributed by atoms with van der Waals surface area (Å²) in [6.45, 7) is 24.1. The Labute approximate surface area is 203 Å². The first-order chi connectivity index (χ1) is 12.9. The average molecular weight is 497 g/mol. The molecule has 2 aliphatic carbocycles. The molecule has 0 bridgehead atoms. The van der Waals surface area contributed by atoms with E-state index < -0.39 is 14.0 Å². The maximum absolute atomic E-state index is 11.1. The van der Waals surface area contributed by atoms with Gasteiger partial charge in [-0.3, -0.25) is 0 Å². The van der Waals surface area contributed by atoms with Crippen molar-refractivity contribution in [1.29, 1.82) is 0 Å². The van der Waals surface area contributed by atoms with E-state index in [-0.39, 0.29) is 26.2 Å². The van der Waals surface area contributed by atoms with Crippen LogP contribution in [0.25, 0.3) is 0 Å². The Morgan fingerprint density at radius 2 is 1.55 bits per heavy atom.